The van der Waals surface area contributed by atoms with E-state index in [-0.39, 0.29) is 5.92 Å². The van der Waals surface area contributed by atoms with Crippen molar-refractivity contribution in [1.82, 2.24) is 5.32 Å². The van der Waals surface area contributed by atoms with Gasteiger partial charge in [0, 0.05) is 8.78 Å². The Morgan fingerprint density at radius 2 is 2.21 bits per heavy atom. The maximum absolute atomic E-state index is 7.82. The zero-order valence-corrected chi connectivity index (χ0v) is 8.66. The molecule has 1 aromatic carbocycles. The first-order valence-electron chi connectivity index (χ1n) is 6.36. The van der Waals surface area contributed by atoms with Crippen LogP contribution in [0.25, 0.3) is 0 Å². The third kappa shape index (κ3) is 2.16. The van der Waals surface area contributed by atoms with Crippen LogP contribution < -0.4 is 5.32 Å². The molecule has 0 aliphatic carbocycles. The highest BCUT2D eigenvalue weighted by atomic mass is 14.9. The Bertz CT molecular complexity index is 332. The Kier molecular flexibility index (Phi) is 2.46. The smallest absolute Gasteiger partial charge is 0.0322 e. The zero-order valence-electron chi connectivity index (χ0n) is 10.7. The molecule has 76 valence electrons. The van der Waals surface area contributed by atoms with Crippen LogP contribution in [-0.2, 0) is 0 Å². The second-order valence-electron chi connectivity index (χ2n) is 3.93. The Labute approximate surface area is 89.3 Å². The van der Waals surface area contributed by atoms with E-state index in [4.69, 9.17) is 2.74 Å². The molecule has 0 unspecified atom stereocenters. The molecule has 0 amide bonds. The molecule has 14 heavy (non-hydrogen) atoms. The fourth-order valence-corrected chi connectivity index (χ4v) is 2.12. The molecule has 1 nitrogen and oxygen atoms in total. The van der Waals surface area contributed by atoms with Crippen LogP contribution in [-0.4, -0.2) is 6.54 Å². The molecule has 0 radical (unpaired) electrons. The maximum atomic E-state index is 7.82. The van der Waals surface area contributed by atoms with Gasteiger partial charge in [0.1, 0.15) is 0 Å². The predicted molar refractivity (Wildman–Crippen MR) is 60.2 cm³/mol. The topological polar surface area (TPSA) is 12.0 Å². The molecule has 0 spiro atoms. The summed E-state index contributed by atoms with van der Waals surface area (Å²) in [6.07, 6.45) is 0.773. The van der Waals surface area contributed by atoms with E-state index in [1.54, 1.807) is 6.92 Å². The van der Waals surface area contributed by atoms with Gasteiger partial charge < -0.3 is 5.32 Å². The van der Waals surface area contributed by atoms with E-state index in [0.29, 0.717) is 6.04 Å². The van der Waals surface area contributed by atoms with Gasteiger partial charge in [-0.3, -0.25) is 0 Å². The average molecular weight is 191 g/mol. The molecule has 0 aromatic heterocycles. The molecular weight excluding hydrogens is 170 g/mol. The molecule has 1 aliphatic rings. The summed E-state index contributed by atoms with van der Waals surface area (Å²) in [6, 6.07) is 10.6. The van der Waals surface area contributed by atoms with Gasteiger partial charge in [-0.25, -0.2) is 0 Å². The normalized spacial score (nSPS) is 30.6. The first kappa shape index (κ1) is 7.47. The molecule has 2 rings (SSSR count). The van der Waals surface area contributed by atoms with Gasteiger partial charge in [0.2, 0.25) is 0 Å². The van der Waals surface area contributed by atoms with E-state index in [1.807, 2.05) is 18.2 Å². The van der Waals surface area contributed by atoms with Crippen molar-refractivity contribution in [2.24, 2.45) is 5.92 Å². The number of hydrogen-bond donors (Lipinski definition) is 1. The van der Waals surface area contributed by atoms with Gasteiger partial charge in [-0.1, -0.05) is 43.6 Å². The minimum atomic E-state index is -1.06. The molecule has 1 saturated heterocycles. The van der Waals surface area contributed by atoms with E-state index >= 15 is 0 Å². The molecule has 1 aromatic rings. The summed E-state index contributed by atoms with van der Waals surface area (Å²) in [4.78, 5) is 0. The van der Waals surface area contributed by atoms with E-state index in [2.05, 4.69) is 17.4 Å². The van der Waals surface area contributed by atoms with Gasteiger partial charge in [-0.15, -0.1) is 0 Å². The van der Waals surface area contributed by atoms with Gasteiger partial charge in [-0.2, -0.15) is 0 Å². The third-order valence-corrected chi connectivity index (χ3v) is 3.01. The van der Waals surface area contributed by atoms with Crippen molar-refractivity contribution in [2.45, 2.75) is 32.2 Å². The van der Waals surface area contributed by atoms with Crippen molar-refractivity contribution in [1.29, 1.82) is 0 Å². The Morgan fingerprint density at radius 1 is 1.43 bits per heavy atom. The molecule has 1 heterocycles. The van der Waals surface area contributed by atoms with E-state index in [1.165, 1.54) is 5.56 Å². The summed E-state index contributed by atoms with van der Waals surface area (Å²) in [7, 11) is 0. The van der Waals surface area contributed by atoms with Crippen molar-refractivity contribution in [3.63, 3.8) is 0 Å². The fraction of sp³-hybridized carbons (Fsp3) is 0.538. The summed E-state index contributed by atoms with van der Waals surface area (Å²) in [5, 5.41) is 3.47. The van der Waals surface area contributed by atoms with Gasteiger partial charge >= 0.3 is 0 Å². The van der Waals surface area contributed by atoms with Crippen molar-refractivity contribution in [3.8, 4) is 0 Å². The van der Waals surface area contributed by atoms with Gasteiger partial charge in [0.25, 0.3) is 0 Å². The molecule has 0 bridgehead atoms. The lowest BCUT2D eigenvalue weighted by Gasteiger charge is -2.30. The lowest BCUT2D eigenvalue weighted by Crippen LogP contribution is -2.31. The van der Waals surface area contributed by atoms with Gasteiger partial charge in [0.15, 0.2) is 0 Å². The second kappa shape index (κ2) is 4.61. The summed E-state index contributed by atoms with van der Waals surface area (Å²) < 4.78 is 15.6. The predicted octanol–water partition coefficient (Wildman–Crippen LogP) is 3.14. The molecule has 1 N–H and O–H groups in total. The lowest BCUT2D eigenvalue weighted by molar-refractivity contribution is 0.299. The van der Waals surface area contributed by atoms with Gasteiger partial charge in [-0.05, 0) is 30.9 Å². The van der Waals surface area contributed by atoms with Crippen LogP contribution in [0.3, 0.4) is 0 Å². The quantitative estimate of drug-likeness (QED) is 0.757. The molecule has 1 aliphatic heterocycles. The number of nitrogens with one attached hydrogen (secondary N) is 1. The third-order valence-electron chi connectivity index (χ3n) is 3.01. The first-order valence-corrected chi connectivity index (χ1v) is 5.36. The Hall–Kier alpha value is -0.820. The largest absolute Gasteiger partial charge is 0.310 e. The average Bonchev–Trinajstić information content (AvgIpc) is 2.29. The summed E-state index contributed by atoms with van der Waals surface area (Å²) in [6.45, 7) is 2.61. The number of hydrogen-bond acceptors (Lipinski definition) is 1. The number of benzene rings is 1. The minimum Gasteiger partial charge on any atom is -0.310 e. The van der Waals surface area contributed by atoms with Crippen molar-refractivity contribution >= 4 is 0 Å². The van der Waals surface area contributed by atoms with Crippen LogP contribution in [0.1, 0.15) is 40.5 Å². The summed E-state index contributed by atoms with van der Waals surface area (Å²) in [5.41, 5.74) is 1.27. The molecule has 0 saturated carbocycles. The monoisotopic (exact) mass is 191 g/mol. The van der Waals surface area contributed by atoms with Crippen molar-refractivity contribution < 1.29 is 2.74 Å². The molecule has 1 heteroatoms. The number of piperidine rings is 1. The fourth-order valence-electron chi connectivity index (χ4n) is 2.12. The highest BCUT2D eigenvalue weighted by Gasteiger charge is 2.20. The second-order valence-corrected chi connectivity index (χ2v) is 3.93. The van der Waals surface area contributed by atoms with Crippen LogP contribution in [0.5, 0.6) is 0 Å². The molecule has 1 fully saturated rings. The summed E-state index contributed by atoms with van der Waals surface area (Å²) in [5.74, 6) is 0.166. The van der Waals surface area contributed by atoms with Crippen molar-refractivity contribution in [2.75, 3.05) is 6.54 Å². The van der Waals surface area contributed by atoms with Crippen LogP contribution in [0.15, 0.2) is 30.3 Å². The standard InChI is InChI=1S/C13H19N/c1-2-11-8-9-14-13(10-11)12-6-4-3-5-7-12/h3-7,11,13-14H,2,8-10H2,1H3/t11-,13+/m1/s1/i2D2. The van der Waals surface area contributed by atoms with Crippen LogP contribution in [0.2, 0.25) is 0 Å². The molecular formula is C13H19N. The van der Waals surface area contributed by atoms with Crippen LogP contribution in [0.4, 0.5) is 0 Å². The zero-order chi connectivity index (χ0) is 11.6. The van der Waals surface area contributed by atoms with Gasteiger partial charge in [0.05, 0.1) is 0 Å². The van der Waals surface area contributed by atoms with Crippen LogP contribution >= 0.6 is 0 Å². The first-order chi connectivity index (χ1) is 7.57. The lowest BCUT2D eigenvalue weighted by atomic mass is 9.87. The highest BCUT2D eigenvalue weighted by Crippen LogP contribution is 2.28. The highest BCUT2D eigenvalue weighted by molar-refractivity contribution is 5.19. The minimum absolute atomic E-state index is 0.166. The van der Waals surface area contributed by atoms with Crippen LogP contribution in [0, 0.1) is 5.92 Å². The SMILES string of the molecule is [2H]C([2H])(C)[C@@H]1CCN[C@H](c2ccccc2)C1. The summed E-state index contributed by atoms with van der Waals surface area (Å²) >= 11 is 0. The maximum Gasteiger partial charge on any atom is 0.0322 e. The Morgan fingerprint density at radius 3 is 2.93 bits per heavy atom. The van der Waals surface area contributed by atoms with E-state index in [9.17, 15) is 0 Å². The number of rotatable bonds is 2. The molecule has 2 atom stereocenters. The van der Waals surface area contributed by atoms with Crippen molar-refractivity contribution in [3.05, 3.63) is 35.9 Å². The van der Waals surface area contributed by atoms with E-state index in [0.717, 1.165) is 19.4 Å². The van der Waals surface area contributed by atoms with E-state index < -0.39 is 6.37 Å². The Balaban J connectivity index is 2.08.